The van der Waals surface area contributed by atoms with Gasteiger partial charge in [0.1, 0.15) is 0 Å². The topological polar surface area (TPSA) is 26.1 Å². The second-order valence-corrected chi connectivity index (χ2v) is 7.30. The van der Waals surface area contributed by atoms with Gasteiger partial charge in [-0.3, -0.25) is 4.40 Å². The summed E-state index contributed by atoms with van der Waals surface area (Å²) in [5, 5.41) is 0. The third-order valence-corrected chi connectivity index (χ3v) is 5.52. The molecule has 0 saturated carbocycles. The predicted molar refractivity (Wildman–Crippen MR) is 110 cm³/mol. The Morgan fingerprint density at radius 2 is 1.85 bits per heavy atom. The van der Waals surface area contributed by atoms with Crippen LogP contribution < -0.4 is 4.57 Å². The van der Waals surface area contributed by atoms with Crippen molar-refractivity contribution in [2.24, 2.45) is 7.05 Å². The van der Waals surface area contributed by atoms with Crippen molar-refractivity contribution in [2.45, 2.75) is 27.6 Å². The molecule has 0 fully saturated rings. The van der Waals surface area contributed by atoms with Gasteiger partial charge < -0.3 is 0 Å². The lowest BCUT2D eigenvalue weighted by molar-refractivity contribution is -0.665. The SMILES string of the molecule is [2H]C([2H])([2H])c1cccc2c1nc1n(-c3cc(C)cc[n+]3C)c3c(C)c(C)ccc3n21. The number of imidazole rings is 2. The van der Waals surface area contributed by atoms with E-state index in [4.69, 9.17) is 9.10 Å². The van der Waals surface area contributed by atoms with Crippen LogP contribution >= 0.6 is 0 Å². The summed E-state index contributed by atoms with van der Waals surface area (Å²) in [4.78, 5) is 4.89. The van der Waals surface area contributed by atoms with Crippen molar-refractivity contribution in [2.75, 3.05) is 0 Å². The second-order valence-electron chi connectivity index (χ2n) is 7.30. The van der Waals surface area contributed by atoms with Crippen molar-refractivity contribution in [3.63, 3.8) is 0 Å². The average Bonchev–Trinajstić information content (AvgIpc) is 3.20. The maximum absolute atomic E-state index is 7.96. The Kier molecular flexibility index (Phi) is 2.63. The van der Waals surface area contributed by atoms with E-state index < -0.39 is 6.85 Å². The Bertz CT molecular complexity index is 1470. The Morgan fingerprint density at radius 3 is 2.67 bits per heavy atom. The molecule has 3 heterocycles. The number of para-hydroxylation sites is 1. The van der Waals surface area contributed by atoms with Gasteiger partial charge in [-0.15, -0.1) is 0 Å². The van der Waals surface area contributed by atoms with Gasteiger partial charge in [0.15, 0.2) is 5.52 Å². The highest BCUT2D eigenvalue weighted by Gasteiger charge is 2.26. The molecular weight excluding hydrogens is 332 g/mol. The first-order valence-corrected chi connectivity index (χ1v) is 9.07. The van der Waals surface area contributed by atoms with Gasteiger partial charge in [0.05, 0.1) is 29.8 Å². The Morgan fingerprint density at radius 1 is 1.00 bits per heavy atom. The molecule has 0 spiro atoms. The van der Waals surface area contributed by atoms with Gasteiger partial charge in [-0.05, 0) is 62.5 Å². The summed E-state index contributed by atoms with van der Waals surface area (Å²) in [5.74, 6) is 1.70. The zero-order valence-corrected chi connectivity index (χ0v) is 15.9. The molecule has 5 rings (SSSR count). The van der Waals surface area contributed by atoms with Crippen LogP contribution in [0, 0.1) is 27.6 Å². The Labute approximate surface area is 162 Å². The summed E-state index contributed by atoms with van der Waals surface area (Å²) in [6, 6.07) is 13.8. The van der Waals surface area contributed by atoms with Crippen LogP contribution in [0.5, 0.6) is 0 Å². The van der Waals surface area contributed by atoms with E-state index in [9.17, 15) is 0 Å². The van der Waals surface area contributed by atoms with Crippen LogP contribution in [-0.4, -0.2) is 14.0 Å². The molecule has 0 bridgehead atoms. The molecule has 5 aromatic rings. The lowest BCUT2D eigenvalue weighted by Gasteiger charge is -2.06. The Hall–Kier alpha value is -3.14. The van der Waals surface area contributed by atoms with Crippen molar-refractivity contribution < 1.29 is 8.68 Å². The normalized spacial score (nSPS) is 14.0. The van der Waals surface area contributed by atoms with Crippen LogP contribution in [0.15, 0.2) is 48.7 Å². The van der Waals surface area contributed by atoms with Crippen molar-refractivity contribution in [3.8, 4) is 5.82 Å². The zero-order chi connectivity index (χ0) is 21.4. The van der Waals surface area contributed by atoms with Crippen LogP contribution in [0.4, 0.5) is 0 Å². The summed E-state index contributed by atoms with van der Waals surface area (Å²) in [5.41, 5.74) is 7.23. The molecule has 27 heavy (non-hydrogen) atoms. The number of benzene rings is 2. The maximum Gasteiger partial charge on any atom is 0.312 e. The molecule has 4 nitrogen and oxygen atoms in total. The molecule has 3 aromatic heterocycles. The molecule has 0 atom stereocenters. The van der Waals surface area contributed by atoms with Gasteiger partial charge >= 0.3 is 5.78 Å². The van der Waals surface area contributed by atoms with E-state index in [-0.39, 0.29) is 5.56 Å². The second kappa shape index (κ2) is 5.43. The number of rotatable bonds is 1. The smallest absolute Gasteiger partial charge is 0.254 e. The van der Waals surface area contributed by atoms with E-state index in [1.807, 2.05) is 19.3 Å². The first-order chi connectivity index (χ1) is 14.2. The molecule has 134 valence electrons. The first kappa shape index (κ1) is 13.1. The minimum Gasteiger partial charge on any atom is -0.254 e. The van der Waals surface area contributed by atoms with E-state index in [2.05, 4.69) is 58.6 Å². The third kappa shape index (κ3) is 2.10. The van der Waals surface area contributed by atoms with Gasteiger partial charge in [0, 0.05) is 15.7 Å². The molecule has 0 aliphatic heterocycles. The average molecular weight is 358 g/mol. The van der Waals surface area contributed by atoms with Gasteiger partial charge in [0.2, 0.25) is 0 Å². The zero-order valence-electron chi connectivity index (χ0n) is 18.9. The molecule has 2 aromatic carbocycles. The highest BCUT2D eigenvalue weighted by atomic mass is 15.3. The fourth-order valence-corrected chi connectivity index (χ4v) is 3.92. The summed E-state index contributed by atoms with van der Waals surface area (Å²) in [6.07, 6.45) is 2.04. The summed E-state index contributed by atoms with van der Waals surface area (Å²) in [6.45, 7) is 4.08. The van der Waals surface area contributed by atoms with E-state index in [1.165, 1.54) is 11.1 Å². The highest BCUT2D eigenvalue weighted by molar-refractivity contribution is 5.94. The molecule has 0 saturated heterocycles. The lowest BCUT2D eigenvalue weighted by atomic mass is 10.1. The number of pyridine rings is 1. The van der Waals surface area contributed by atoms with Crippen molar-refractivity contribution in [3.05, 3.63) is 70.9 Å². The van der Waals surface area contributed by atoms with Gasteiger partial charge in [0.25, 0.3) is 5.82 Å². The number of fused-ring (bicyclic) bond motifs is 5. The molecule has 4 heteroatoms. The fraction of sp³-hybridized carbons (Fsp3) is 0.217. The third-order valence-electron chi connectivity index (χ3n) is 5.52. The molecule has 0 unspecified atom stereocenters. The van der Waals surface area contributed by atoms with Crippen molar-refractivity contribution >= 4 is 27.8 Å². The maximum atomic E-state index is 7.96. The monoisotopic (exact) mass is 358 g/mol. The minimum atomic E-state index is -2.22. The van der Waals surface area contributed by atoms with Gasteiger partial charge in [-0.25, -0.2) is 4.57 Å². The van der Waals surface area contributed by atoms with E-state index in [0.717, 1.165) is 27.9 Å². The highest BCUT2D eigenvalue weighted by Crippen LogP contribution is 2.32. The molecule has 0 aliphatic carbocycles. The number of aromatic nitrogens is 4. The molecule has 0 aliphatic rings. The molecule has 0 N–H and O–H groups in total. The molecule has 0 amide bonds. The van der Waals surface area contributed by atoms with Crippen LogP contribution in [0.2, 0.25) is 0 Å². The summed E-state index contributed by atoms with van der Waals surface area (Å²) < 4.78 is 30.2. The van der Waals surface area contributed by atoms with E-state index in [0.29, 0.717) is 11.3 Å². The van der Waals surface area contributed by atoms with Crippen molar-refractivity contribution in [1.29, 1.82) is 0 Å². The van der Waals surface area contributed by atoms with Crippen LogP contribution in [0.25, 0.3) is 33.7 Å². The number of hydrogen-bond acceptors (Lipinski definition) is 1. The fourth-order valence-electron chi connectivity index (χ4n) is 3.92. The minimum absolute atomic E-state index is 0.279. The summed E-state index contributed by atoms with van der Waals surface area (Å²) >= 11 is 0. The first-order valence-electron chi connectivity index (χ1n) is 10.6. The number of nitrogens with zero attached hydrogens (tertiary/aromatic N) is 4. The van der Waals surface area contributed by atoms with Crippen LogP contribution in [0.3, 0.4) is 0 Å². The van der Waals surface area contributed by atoms with Gasteiger partial charge in [-0.2, -0.15) is 9.55 Å². The van der Waals surface area contributed by atoms with E-state index in [1.54, 1.807) is 12.1 Å². The number of hydrogen-bond donors (Lipinski definition) is 0. The molecular formula is C23H23N4+. The Balaban J connectivity index is 2.06. The quantitative estimate of drug-likeness (QED) is 0.406. The van der Waals surface area contributed by atoms with Crippen LogP contribution in [-0.2, 0) is 7.05 Å². The standard InChI is InChI=1S/C23H23N4/c1-14-11-12-25(5)20(13-14)27-22-17(4)15(2)9-10-19(22)26-18-8-6-7-16(3)21(18)24-23(26)27/h6-13H,1-5H3/q+1/i3D3. The van der Waals surface area contributed by atoms with Crippen molar-refractivity contribution in [1.82, 2.24) is 14.0 Å². The summed E-state index contributed by atoms with van der Waals surface area (Å²) in [7, 11) is 2.01. The van der Waals surface area contributed by atoms with Crippen LogP contribution in [0.1, 0.15) is 26.4 Å². The molecule has 0 radical (unpaired) electrons. The van der Waals surface area contributed by atoms with Gasteiger partial charge in [-0.1, -0.05) is 18.2 Å². The lowest BCUT2D eigenvalue weighted by Crippen LogP contribution is -2.33. The number of aryl methyl sites for hydroxylation is 5. The largest absolute Gasteiger partial charge is 0.312 e. The predicted octanol–water partition coefficient (Wildman–Crippen LogP) is 4.49. The van der Waals surface area contributed by atoms with E-state index >= 15 is 0 Å².